The van der Waals surface area contributed by atoms with E-state index in [0.29, 0.717) is 24.2 Å². The lowest BCUT2D eigenvalue weighted by atomic mass is 9.93. The number of rotatable bonds is 7. The van der Waals surface area contributed by atoms with Gasteiger partial charge >= 0.3 is 5.97 Å². The molecule has 0 amide bonds. The van der Waals surface area contributed by atoms with Gasteiger partial charge in [0.25, 0.3) is 0 Å². The number of phenolic OH excluding ortho intramolecular Hbond substituents is 1. The highest BCUT2D eigenvalue weighted by Gasteiger charge is 2.40. The number of esters is 1. The average molecular weight is 495 g/mol. The molecule has 4 rings (SSSR count). The van der Waals surface area contributed by atoms with Gasteiger partial charge in [-0.05, 0) is 42.3 Å². The zero-order valence-corrected chi connectivity index (χ0v) is 20.7. The second kappa shape index (κ2) is 10.6. The molecule has 0 aromatic heterocycles. The van der Waals surface area contributed by atoms with Crippen LogP contribution in [0.3, 0.4) is 0 Å². The van der Waals surface area contributed by atoms with Crippen LogP contribution in [0.1, 0.15) is 28.3 Å². The van der Waals surface area contributed by atoms with Crippen LogP contribution >= 0.6 is 0 Å². The van der Waals surface area contributed by atoms with E-state index >= 15 is 0 Å². The van der Waals surface area contributed by atoms with Crippen LogP contribution in [0.2, 0.25) is 0 Å². The minimum atomic E-state index is -3.73. The normalized spacial score (nSPS) is 17.6. The van der Waals surface area contributed by atoms with Gasteiger partial charge < -0.3 is 15.2 Å². The summed E-state index contributed by atoms with van der Waals surface area (Å²) in [4.78, 5) is 14.1. The molecule has 3 aromatic carbocycles. The molecule has 0 spiro atoms. The van der Waals surface area contributed by atoms with E-state index in [9.17, 15) is 18.3 Å². The summed E-state index contributed by atoms with van der Waals surface area (Å²) < 4.78 is 32.4. The van der Waals surface area contributed by atoms with Crippen molar-refractivity contribution in [1.82, 2.24) is 10.2 Å². The number of nitrogens with one attached hydrogen (secondary N) is 1. The molecule has 2 atom stereocenters. The lowest BCUT2D eigenvalue weighted by Crippen LogP contribution is -2.55. The average Bonchev–Trinajstić information content (AvgIpc) is 2.87. The first-order valence-corrected chi connectivity index (χ1v) is 13.1. The lowest BCUT2D eigenvalue weighted by Gasteiger charge is -2.41. The lowest BCUT2D eigenvalue weighted by molar-refractivity contribution is -0.139. The summed E-state index contributed by atoms with van der Waals surface area (Å²) in [6, 6.07) is 20.9. The second-order valence-electron chi connectivity index (χ2n) is 8.71. The van der Waals surface area contributed by atoms with Crippen LogP contribution in [-0.2, 0) is 25.8 Å². The van der Waals surface area contributed by atoms with Crippen molar-refractivity contribution < 1.29 is 23.1 Å². The summed E-state index contributed by atoms with van der Waals surface area (Å²) in [7, 11) is -2.40. The third-order valence-electron chi connectivity index (χ3n) is 6.35. The first-order valence-electron chi connectivity index (χ1n) is 11.5. The Morgan fingerprint density at radius 2 is 1.83 bits per heavy atom. The van der Waals surface area contributed by atoms with Crippen LogP contribution in [0.25, 0.3) is 0 Å². The molecular formula is C27H30N2O5S. The molecule has 1 aliphatic rings. The van der Waals surface area contributed by atoms with Gasteiger partial charge in [-0.15, -0.1) is 0 Å². The zero-order chi connectivity index (χ0) is 25.0. The summed E-state index contributed by atoms with van der Waals surface area (Å²) in [6.45, 7) is 3.23. The van der Waals surface area contributed by atoms with Crippen molar-refractivity contribution >= 4 is 15.8 Å². The van der Waals surface area contributed by atoms with Crippen molar-refractivity contribution in [1.29, 1.82) is 0 Å². The summed E-state index contributed by atoms with van der Waals surface area (Å²) in [5.41, 5.74) is 3.06. The van der Waals surface area contributed by atoms with Crippen LogP contribution in [0, 0.1) is 6.92 Å². The van der Waals surface area contributed by atoms with Crippen molar-refractivity contribution in [2.24, 2.45) is 0 Å². The van der Waals surface area contributed by atoms with Gasteiger partial charge in [-0.25, -0.2) is 8.42 Å². The van der Waals surface area contributed by atoms with E-state index in [2.05, 4.69) is 5.32 Å². The highest BCUT2D eigenvalue weighted by atomic mass is 32.2. The number of sulfone groups is 1. The molecule has 0 saturated carbocycles. The molecule has 0 radical (unpaired) electrons. The van der Waals surface area contributed by atoms with Gasteiger partial charge in [0.05, 0.1) is 24.5 Å². The van der Waals surface area contributed by atoms with Crippen molar-refractivity contribution in [2.45, 2.75) is 29.7 Å². The number of hydrogen-bond acceptors (Lipinski definition) is 7. The maximum absolute atomic E-state index is 13.8. The third kappa shape index (κ3) is 5.40. The Bertz CT molecular complexity index is 1280. The zero-order valence-electron chi connectivity index (χ0n) is 19.8. The van der Waals surface area contributed by atoms with Crippen LogP contribution in [0.4, 0.5) is 0 Å². The molecule has 3 aromatic rings. The number of piperazine rings is 1. The van der Waals surface area contributed by atoms with Crippen molar-refractivity contribution in [3.63, 3.8) is 0 Å². The Balaban J connectivity index is 1.83. The standard InChI is InChI=1S/C27H30N2O5S/c1-19-8-11-22(12-9-19)35(32,33)25-18-28-14-15-29(25)27(21-6-4-3-5-7-21)23-16-20(10-13-24(23)30)17-26(31)34-2/h3-13,16,25,27-28,30H,14-15,17-18H2,1-2H3. The molecule has 1 saturated heterocycles. The first-order chi connectivity index (χ1) is 16.8. The SMILES string of the molecule is COC(=O)Cc1ccc(O)c(C(c2ccccc2)N2CCNCC2S(=O)(=O)c2ccc(C)cc2)c1. The Labute approximate surface area is 206 Å². The second-order valence-corrected chi connectivity index (χ2v) is 10.8. The molecule has 2 N–H and O–H groups in total. The topological polar surface area (TPSA) is 95.9 Å². The quantitative estimate of drug-likeness (QED) is 0.487. The van der Waals surface area contributed by atoms with Crippen molar-refractivity contribution in [3.8, 4) is 5.75 Å². The molecule has 1 aliphatic heterocycles. The van der Waals surface area contributed by atoms with Crippen molar-refractivity contribution in [2.75, 3.05) is 26.7 Å². The molecule has 7 nitrogen and oxygen atoms in total. The van der Waals surface area contributed by atoms with E-state index < -0.39 is 21.3 Å². The molecule has 0 aliphatic carbocycles. The predicted octanol–water partition coefficient (Wildman–Crippen LogP) is 3.21. The highest BCUT2D eigenvalue weighted by Crippen LogP contribution is 2.38. The number of benzene rings is 3. The number of ether oxygens (including phenoxy) is 1. The van der Waals surface area contributed by atoms with E-state index in [1.54, 1.807) is 42.5 Å². The highest BCUT2D eigenvalue weighted by molar-refractivity contribution is 7.92. The summed E-state index contributed by atoms with van der Waals surface area (Å²) in [5.74, 6) is -0.350. The third-order valence-corrected chi connectivity index (χ3v) is 8.44. The Morgan fingerprint density at radius 3 is 2.51 bits per heavy atom. The van der Waals surface area contributed by atoms with E-state index in [1.807, 2.05) is 42.2 Å². The Hall–Kier alpha value is -3.20. The number of nitrogens with zero attached hydrogens (tertiary/aromatic N) is 1. The van der Waals surface area contributed by atoms with Gasteiger partial charge in [0.2, 0.25) is 0 Å². The minimum Gasteiger partial charge on any atom is -0.508 e. The number of hydrogen-bond donors (Lipinski definition) is 2. The van der Waals surface area contributed by atoms with Crippen molar-refractivity contribution in [3.05, 3.63) is 95.1 Å². The number of aryl methyl sites for hydroxylation is 1. The first kappa shape index (κ1) is 24.9. The van der Waals surface area contributed by atoms with Gasteiger partial charge in [-0.3, -0.25) is 9.69 Å². The smallest absolute Gasteiger partial charge is 0.309 e. The number of phenols is 1. The predicted molar refractivity (Wildman–Crippen MR) is 134 cm³/mol. The molecule has 35 heavy (non-hydrogen) atoms. The summed E-state index contributed by atoms with van der Waals surface area (Å²) in [5, 5.41) is 13.3. The maximum atomic E-state index is 13.8. The summed E-state index contributed by atoms with van der Waals surface area (Å²) in [6.07, 6.45) is 0.0535. The fourth-order valence-corrected chi connectivity index (χ4v) is 6.27. The van der Waals surface area contributed by atoms with Crippen LogP contribution in [-0.4, -0.2) is 56.5 Å². The van der Waals surface area contributed by atoms with E-state index in [4.69, 9.17) is 4.74 Å². The van der Waals surface area contributed by atoms with Gasteiger partial charge in [0, 0.05) is 25.2 Å². The molecule has 2 unspecified atom stereocenters. The largest absolute Gasteiger partial charge is 0.508 e. The Morgan fingerprint density at radius 1 is 1.11 bits per heavy atom. The van der Waals surface area contributed by atoms with Crippen LogP contribution in [0.15, 0.2) is 77.7 Å². The molecular weight excluding hydrogens is 464 g/mol. The number of carbonyl (C=O) groups is 1. The van der Waals surface area contributed by atoms with Gasteiger partial charge in [-0.2, -0.15) is 0 Å². The van der Waals surface area contributed by atoms with E-state index in [-0.39, 0.29) is 29.6 Å². The van der Waals surface area contributed by atoms with Gasteiger partial charge in [-0.1, -0.05) is 54.1 Å². The van der Waals surface area contributed by atoms with Gasteiger partial charge in [0.1, 0.15) is 11.1 Å². The minimum absolute atomic E-state index is 0.0393. The van der Waals surface area contributed by atoms with E-state index in [1.165, 1.54) is 7.11 Å². The Kier molecular flexibility index (Phi) is 7.54. The maximum Gasteiger partial charge on any atom is 0.309 e. The monoisotopic (exact) mass is 494 g/mol. The molecule has 1 fully saturated rings. The molecule has 1 heterocycles. The molecule has 184 valence electrons. The summed E-state index contributed by atoms with van der Waals surface area (Å²) >= 11 is 0. The van der Waals surface area contributed by atoms with Gasteiger partial charge in [0.15, 0.2) is 9.84 Å². The molecule has 0 bridgehead atoms. The molecule has 8 heteroatoms. The number of aromatic hydroxyl groups is 1. The number of carbonyl (C=O) groups excluding carboxylic acids is 1. The van der Waals surface area contributed by atoms with E-state index in [0.717, 1.165) is 11.1 Å². The van der Waals surface area contributed by atoms with Crippen LogP contribution < -0.4 is 5.32 Å². The number of methoxy groups -OCH3 is 1. The fourth-order valence-electron chi connectivity index (χ4n) is 4.52. The fraction of sp³-hybridized carbons (Fsp3) is 0.296. The van der Waals surface area contributed by atoms with Crippen LogP contribution in [0.5, 0.6) is 5.75 Å².